The zero-order valence-electron chi connectivity index (χ0n) is 11.7. The number of benzene rings is 1. The number of amides is 1. The molecule has 5 heteroatoms. The summed E-state index contributed by atoms with van der Waals surface area (Å²) in [5, 5.41) is 3.89. The molecule has 0 aliphatic heterocycles. The highest BCUT2D eigenvalue weighted by Gasteiger charge is 2.11. The average molecular weight is 291 g/mol. The highest BCUT2D eigenvalue weighted by atomic mass is 32.2. The molecule has 0 aliphatic rings. The summed E-state index contributed by atoms with van der Waals surface area (Å²) in [7, 11) is 0. The van der Waals surface area contributed by atoms with Crippen molar-refractivity contribution in [1.29, 1.82) is 0 Å². The van der Waals surface area contributed by atoms with Crippen LogP contribution in [0.25, 0.3) is 10.9 Å². The molecule has 4 nitrogen and oxygen atoms in total. The Kier molecular flexibility index (Phi) is 5.35. The first-order valence-corrected chi connectivity index (χ1v) is 8.25. The Balaban J connectivity index is 1.88. The van der Waals surface area contributed by atoms with E-state index in [2.05, 4.69) is 16.6 Å². The lowest BCUT2D eigenvalue weighted by Gasteiger charge is -2.04. The summed E-state index contributed by atoms with van der Waals surface area (Å²) in [6, 6.07) is 5.54. The van der Waals surface area contributed by atoms with Crippen LogP contribution in [0, 0.1) is 0 Å². The minimum Gasteiger partial charge on any atom is -0.399 e. The third-order valence-corrected chi connectivity index (χ3v) is 3.96. The van der Waals surface area contributed by atoms with E-state index in [1.165, 1.54) is 12.2 Å². The van der Waals surface area contributed by atoms with Crippen LogP contribution in [0.2, 0.25) is 0 Å². The number of aromatic amines is 1. The van der Waals surface area contributed by atoms with Crippen LogP contribution in [0.3, 0.4) is 0 Å². The normalized spacial score (nSPS) is 10.8. The molecular weight excluding hydrogens is 270 g/mol. The van der Waals surface area contributed by atoms with Crippen molar-refractivity contribution in [3.05, 3.63) is 30.0 Å². The Morgan fingerprint density at radius 2 is 2.20 bits per heavy atom. The number of unbranched alkanes of at least 4 members (excludes halogenated alkanes) is 2. The first-order chi connectivity index (χ1) is 9.72. The van der Waals surface area contributed by atoms with Crippen molar-refractivity contribution in [3.63, 3.8) is 0 Å². The van der Waals surface area contributed by atoms with Crippen molar-refractivity contribution >= 4 is 34.3 Å². The number of nitrogen functional groups attached to an aromatic ring is 1. The first kappa shape index (κ1) is 14.8. The van der Waals surface area contributed by atoms with Crippen LogP contribution >= 0.6 is 11.8 Å². The van der Waals surface area contributed by atoms with Crippen molar-refractivity contribution < 1.29 is 4.79 Å². The quantitative estimate of drug-likeness (QED) is 0.542. The van der Waals surface area contributed by atoms with Gasteiger partial charge < -0.3 is 16.0 Å². The van der Waals surface area contributed by atoms with Crippen LogP contribution in [0.4, 0.5) is 5.69 Å². The fraction of sp³-hybridized carbons (Fsp3) is 0.400. The molecule has 2 aromatic rings. The highest BCUT2D eigenvalue weighted by Crippen LogP contribution is 2.20. The van der Waals surface area contributed by atoms with Gasteiger partial charge in [-0.25, -0.2) is 0 Å². The molecule has 1 aromatic heterocycles. The zero-order valence-corrected chi connectivity index (χ0v) is 12.6. The highest BCUT2D eigenvalue weighted by molar-refractivity contribution is 7.98. The number of nitrogens with one attached hydrogen (secondary N) is 2. The number of H-pyrrole nitrogens is 1. The van der Waals surface area contributed by atoms with E-state index in [1.807, 2.05) is 30.0 Å². The topological polar surface area (TPSA) is 70.9 Å². The minimum absolute atomic E-state index is 0.0223. The van der Waals surface area contributed by atoms with E-state index in [9.17, 15) is 4.79 Å². The van der Waals surface area contributed by atoms with Crippen LogP contribution in [-0.2, 0) is 0 Å². The number of carbonyl (C=O) groups is 1. The summed E-state index contributed by atoms with van der Waals surface area (Å²) >= 11 is 1.86. The maximum Gasteiger partial charge on any atom is 0.253 e. The average Bonchev–Trinajstić information content (AvgIpc) is 2.85. The number of carbonyl (C=O) groups excluding carboxylic acids is 1. The van der Waals surface area contributed by atoms with Gasteiger partial charge in [-0.2, -0.15) is 11.8 Å². The number of rotatable bonds is 7. The lowest BCUT2D eigenvalue weighted by atomic mass is 10.1. The van der Waals surface area contributed by atoms with Gasteiger partial charge in [-0.1, -0.05) is 6.42 Å². The molecular formula is C15H21N3OS. The van der Waals surface area contributed by atoms with Gasteiger partial charge in [-0.05, 0) is 43.0 Å². The molecule has 0 bridgehead atoms. The second kappa shape index (κ2) is 7.24. The number of hydrogen-bond acceptors (Lipinski definition) is 3. The smallest absolute Gasteiger partial charge is 0.253 e. The molecule has 2 rings (SSSR count). The summed E-state index contributed by atoms with van der Waals surface area (Å²) in [4.78, 5) is 15.2. The Bertz CT molecular complexity index is 580. The summed E-state index contributed by atoms with van der Waals surface area (Å²) < 4.78 is 0. The molecule has 0 atom stereocenters. The molecule has 1 amide bonds. The molecule has 0 saturated carbocycles. The lowest BCUT2D eigenvalue weighted by molar-refractivity contribution is 0.0954. The number of anilines is 1. The summed E-state index contributed by atoms with van der Waals surface area (Å²) in [6.45, 7) is 0.731. The maximum atomic E-state index is 12.1. The van der Waals surface area contributed by atoms with E-state index >= 15 is 0 Å². The Hall–Kier alpha value is -1.62. The van der Waals surface area contributed by atoms with Crippen LogP contribution in [-0.4, -0.2) is 29.4 Å². The predicted molar refractivity (Wildman–Crippen MR) is 87.3 cm³/mol. The van der Waals surface area contributed by atoms with Gasteiger partial charge in [0.1, 0.15) is 0 Å². The number of aromatic nitrogens is 1. The third kappa shape index (κ3) is 3.70. The summed E-state index contributed by atoms with van der Waals surface area (Å²) in [5.41, 5.74) is 8.00. The molecule has 4 N–H and O–H groups in total. The number of thioether (sulfide) groups is 1. The molecule has 1 heterocycles. The van der Waals surface area contributed by atoms with E-state index < -0.39 is 0 Å². The van der Waals surface area contributed by atoms with E-state index in [4.69, 9.17) is 5.73 Å². The summed E-state index contributed by atoms with van der Waals surface area (Å²) in [5.74, 6) is 1.17. The molecule has 0 saturated heterocycles. The Morgan fingerprint density at radius 1 is 1.35 bits per heavy atom. The van der Waals surface area contributed by atoms with Gasteiger partial charge in [0.2, 0.25) is 0 Å². The van der Waals surface area contributed by atoms with E-state index in [1.54, 1.807) is 6.20 Å². The third-order valence-electron chi connectivity index (χ3n) is 3.26. The lowest BCUT2D eigenvalue weighted by Crippen LogP contribution is -2.24. The monoisotopic (exact) mass is 291 g/mol. The molecule has 1 aromatic carbocycles. The molecule has 0 unspecified atom stereocenters. The molecule has 0 fully saturated rings. The van der Waals surface area contributed by atoms with Crippen LogP contribution in [0.1, 0.15) is 29.6 Å². The van der Waals surface area contributed by atoms with Crippen molar-refractivity contribution in [3.8, 4) is 0 Å². The van der Waals surface area contributed by atoms with Gasteiger partial charge >= 0.3 is 0 Å². The van der Waals surface area contributed by atoms with Gasteiger partial charge in [0, 0.05) is 29.3 Å². The largest absolute Gasteiger partial charge is 0.399 e. The molecule has 0 radical (unpaired) electrons. The standard InChI is InChI=1S/C15H21N3OS/c1-20-8-4-2-3-7-17-15(19)13-10-18-14-9-11(16)5-6-12(13)14/h5-6,9-10,18H,2-4,7-8,16H2,1H3,(H,17,19). The van der Waals surface area contributed by atoms with Gasteiger partial charge in [-0.15, -0.1) is 0 Å². The van der Waals surface area contributed by atoms with Crippen molar-refractivity contribution in [2.75, 3.05) is 24.3 Å². The minimum atomic E-state index is -0.0223. The SMILES string of the molecule is CSCCCCCNC(=O)c1c[nH]c2cc(N)ccc12. The van der Waals surface area contributed by atoms with Gasteiger partial charge in [0.25, 0.3) is 5.91 Å². The second-order valence-electron chi connectivity index (χ2n) is 4.82. The van der Waals surface area contributed by atoms with E-state index in [-0.39, 0.29) is 5.91 Å². The van der Waals surface area contributed by atoms with Gasteiger partial charge in [-0.3, -0.25) is 4.79 Å². The zero-order chi connectivity index (χ0) is 14.4. The molecule has 20 heavy (non-hydrogen) atoms. The molecule has 0 aliphatic carbocycles. The number of hydrogen-bond donors (Lipinski definition) is 3. The van der Waals surface area contributed by atoms with E-state index in [0.29, 0.717) is 11.3 Å². The predicted octanol–water partition coefficient (Wildman–Crippen LogP) is 3.01. The Labute approximate surface area is 123 Å². The summed E-state index contributed by atoms with van der Waals surface area (Å²) in [6.07, 6.45) is 7.26. The Morgan fingerprint density at radius 3 is 3.00 bits per heavy atom. The van der Waals surface area contributed by atoms with Crippen LogP contribution in [0.15, 0.2) is 24.4 Å². The second-order valence-corrected chi connectivity index (χ2v) is 5.80. The van der Waals surface area contributed by atoms with E-state index in [0.717, 1.165) is 30.3 Å². The van der Waals surface area contributed by atoms with Crippen LogP contribution < -0.4 is 11.1 Å². The number of nitrogens with two attached hydrogens (primary N) is 1. The van der Waals surface area contributed by atoms with Gasteiger partial charge in [0.15, 0.2) is 0 Å². The van der Waals surface area contributed by atoms with Crippen molar-refractivity contribution in [1.82, 2.24) is 10.3 Å². The number of fused-ring (bicyclic) bond motifs is 1. The molecule has 108 valence electrons. The fourth-order valence-electron chi connectivity index (χ4n) is 2.18. The first-order valence-electron chi connectivity index (χ1n) is 6.86. The fourth-order valence-corrected chi connectivity index (χ4v) is 2.67. The molecule has 0 spiro atoms. The van der Waals surface area contributed by atoms with Crippen molar-refractivity contribution in [2.24, 2.45) is 0 Å². The van der Waals surface area contributed by atoms with Crippen molar-refractivity contribution in [2.45, 2.75) is 19.3 Å². The maximum absolute atomic E-state index is 12.1. The van der Waals surface area contributed by atoms with Gasteiger partial charge in [0.05, 0.1) is 5.56 Å². The van der Waals surface area contributed by atoms with Crippen LogP contribution in [0.5, 0.6) is 0 Å².